The van der Waals surface area contributed by atoms with E-state index in [2.05, 4.69) is 25.6 Å². The van der Waals surface area contributed by atoms with Gasteiger partial charge in [-0.15, -0.1) is 0 Å². The molecule has 7 heteroatoms. The van der Waals surface area contributed by atoms with E-state index >= 15 is 0 Å². The molecule has 3 aromatic rings. The Morgan fingerprint density at radius 1 is 1.08 bits per heavy atom. The number of hydrogen-bond donors (Lipinski definition) is 3. The van der Waals surface area contributed by atoms with Crippen LogP contribution in [0.1, 0.15) is 6.42 Å². The van der Waals surface area contributed by atoms with E-state index in [1.54, 1.807) is 19.5 Å². The molecular formula is C19H21N5O2. The molecule has 0 saturated heterocycles. The molecule has 2 aromatic heterocycles. The summed E-state index contributed by atoms with van der Waals surface area (Å²) in [5, 5.41) is 15.4. The van der Waals surface area contributed by atoms with Crippen LogP contribution < -0.4 is 15.4 Å². The molecule has 0 atom stereocenters. The van der Waals surface area contributed by atoms with Crippen molar-refractivity contribution < 1.29 is 9.84 Å². The van der Waals surface area contributed by atoms with E-state index in [4.69, 9.17) is 9.84 Å². The first kappa shape index (κ1) is 17.6. The Kier molecular flexibility index (Phi) is 5.95. The maximum Gasteiger partial charge on any atom is 0.225 e. The lowest BCUT2D eigenvalue weighted by atomic mass is 10.2. The van der Waals surface area contributed by atoms with Crippen molar-refractivity contribution in [2.75, 3.05) is 30.9 Å². The minimum atomic E-state index is 0.114. The SMILES string of the molecule is COc1ccccc1Nc1cc(-c2ccncc2)nc(NCCCO)n1. The summed E-state index contributed by atoms with van der Waals surface area (Å²) in [6.45, 7) is 0.702. The zero-order valence-corrected chi connectivity index (χ0v) is 14.5. The van der Waals surface area contributed by atoms with Gasteiger partial charge in [0.1, 0.15) is 11.6 Å². The zero-order chi connectivity index (χ0) is 18.2. The lowest BCUT2D eigenvalue weighted by Gasteiger charge is -2.13. The number of aliphatic hydroxyl groups excluding tert-OH is 1. The highest BCUT2D eigenvalue weighted by Crippen LogP contribution is 2.28. The molecule has 0 radical (unpaired) electrons. The molecule has 0 bridgehead atoms. The molecule has 0 unspecified atom stereocenters. The molecule has 26 heavy (non-hydrogen) atoms. The van der Waals surface area contributed by atoms with Crippen LogP contribution >= 0.6 is 0 Å². The monoisotopic (exact) mass is 351 g/mol. The molecular weight excluding hydrogens is 330 g/mol. The van der Waals surface area contributed by atoms with Crippen LogP contribution in [-0.4, -0.2) is 40.3 Å². The molecule has 0 aliphatic rings. The van der Waals surface area contributed by atoms with Gasteiger partial charge in [-0.2, -0.15) is 4.98 Å². The average molecular weight is 351 g/mol. The highest BCUT2D eigenvalue weighted by atomic mass is 16.5. The summed E-state index contributed by atoms with van der Waals surface area (Å²) in [5.74, 6) is 1.86. The van der Waals surface area contributed by atoms with Crippen molar-refractivity contribution in [2.45, 2.75) is 6.42 Å². The van der Waals surface area contributed by atoms with Gasteiger partial charge in [-0.25, -0.2) is 4.98 Å². The summed E-state index contributed by atoms with van der Waals surface area (Å²) in [7, 11) is 1.63. The van der Waals surface area contributed by atoms with Gasteiger partial charge in [0.2, 0.25) is 5.95 Å². The van der Waals surface area contributed by atoms with Crippen LogP contribution in [0.3, 0.4) is 0 Å². The van der Waals surface area contributed by atoms with Gasteiger partial charge >= 0.3 is 0 Å². The topological polar surface area (TPSA) is 92.2 Å². The Hall–Kier alpha value is -3.19. The Balaban J connectivity index is 1.93. The first-order valence-corrected chi connectivity index (χ1v) is 8.34. The predicted octanol–water partition coefficient (Wildman–Crippen LogP) is 3.09. The van der Waals surface area contributed by atoms with Crippen molar-refractivity contribution in [1.82, 2.24) is 15.0 Å². The van der Waals surface area contributed by atoms with Crippen LogP contribution in [0.5, 0.6) is 5.75 Å². The minimum Gasteiger partial charge on any atom is -0.495 e. The fourth-order valence-electron chi connectivity index (χ4n) is 2.43. The number of nitrogens with zero attached hydrogens (tertiary/aromatic N) is 3. The first-order chi connectivity index (χ1) is 12.8. The smallest absolute Gasteiger partial charge is 0.225 e. The zero-order valence-electron chi connectivity index (χ0n) is 14.5. The first-order valence-electron chi connectivity index (χ1n) is 8.34. The Labute approximate surface area is 152 Å². The number of ether oxygens (including phenoxy) is 1. The van der Waals surface area contributed by atoms with Gasteiger partial charge in [0.15, 0.2) is 0 Å². The molecule has 2 heterocycles. The van der Waals surface area contributed by atoms with Crippen molar-refractivity contribution in [3.8, 4) is 17.0 Å². The Bertz CT molecular complexity index is 842. The molecule has 1 aromatic carbocycles. The van der Waals surface area contributed by atoms with Crippen LogP contribution in [0.15, 0.2) is 54.9 Å². The standard InChI is InChI=1S/C19H21N5O2/c1-26-17-6-3-2-5-15(17)22-18-13-16(14-7-10-20-11-8-14)23-19(24-18)21-9-4-12-25/h2-3,5-8,10-11,13,25H,4,9,12H2,1H3,(H2,21,22,23,24). The molecule has 0 aliphatic heterocycles. The number of anilines is 3. The molecule has 3 N–H and O–H groups in total. The Morgan fingerprint density at radius 2 is 1.88 bits per heavy atom. The lowest BCUT2D eigenvalue weighted by molar-refractivity contribution is 0.292. The Morgan fingerprint density at radius 3 is 2.65 bits per heavy atom. The largest absolute Gasteiger partial charge is 0.495 e. The van der Waals surface area contributed by atoms with Crippen LogP contribution in [0.25, 0.3) is 11.3 Å². The van der Waals surface area contributed by atoms with Crippen LogP contribution in [0.4, 0.5) is 17.5 Å². The van der Waals surface area contributed by atoms with E-state index in [-0.39, 0.29) is 6.61 Å². The second-order valence-corrected chi connectivity index (χ2v) is 5.53. The summed E-state index contributed by atoms with van der Waals surface area (Å²) in [5.41, 5.74) is 2.53. The van der Waals surface area contributed by atoms with Gasteiger partial charge < -0.3 is 20.5 Å². The van der Waals surface area contributed by atoms with Crippen LogP contribution in [0, 0.1) is 0 Å². The number of para-hydroxylation sites is 2. The van der Waals surface area contributed by atoms with Gasteiger partial charge in [-0.3, -0.25) is 4.98 Å². The van der Waals surface area contributed by atoms with Gasteiger partial charge in [-0.05, 0) is 30.7 Å². The molecule has 0 aliphatic carbocycles. The highest BCUT2D eigenvalue weighted by molar-refractivity contribution is 5.69. The van der Waals surface area contributed by atoms with Gasteiger partial charge in [0, 0.05) is 37.2 Å². The van der Waals surface area contributed by atoms with Gasteiger partial charge in [-0.1, -0.05) is 12.1 Å². The number of benzene rings is 1. The van der Waals surface area contributed by atoms with Crippen molar-refractivity contribution in [3.63, 3.8) is 0 Å². The molecule has 0 amide bonds. The molecule has 3 rings (SSSR count). The number of nitrogens with one attached hydrogen (secondary N) is 2. The fourth-order valence-corrected chi connectivity index (χ4v) is 2.43. The third-order valence-electron chi connectivity index (χ3n) is 3.69. The number of hydrogen-bond acceptors (Lipinski definition) is 7. The van der Waals surface area contributed by atoms with E-state index in [0.29, 0.717) is 24.7 Å². The number of pyridine rings is 1. The molecule has 134 valence electrons. The van der Waals surface area contributed by atoms with E-state index in [1.165, 1.54) is 0 Å². The van der Waals surface area contributed by atoms with E-state index in [9.17, 15) is 0 Å². The van der Waals surface area contributed by atoms with Gasteiger partial charge in [0.05, 0.1) is 18.5 Å². The highest BCUT2D eigenvalue weighted by Gasteiger charge is 2.09. The normalized spacial score (nSPS) is 10.4. The van der Waals surface area contributed by atoms with Crippen LogP contribution in [0.2, 0.25) is 0 Å². The predicted molar refractivity (Wildman–Crippen MR) is 102 cm³/mol. The summed E-state index contributed by atoms with van der Waals surface area (Å²) in [6.07, 6.45) is 4.07. The lowest BCUT2D eigenvalue weighted by Crippen LogP contribution is -2.09. The molecule has 7 nitrogen and oxygen atoms in total. The average Bonchev–Trinajstić information content (AvgIpc) is 2.69. The van der Waals surface area contributed by atoms with Crippen LogP contribution in [-0.2, 0) is 0 Å². The number of aromatic nitrogens is 3. The summed E-state index contributed by atoms with van der Waals surface area (Å²) in [4.78, 5) is 13.1. The maximum absolute atomic E-state index is 8.97. The van der Waals surface area contributed by atoms with Crippen molar-refractivity contribution >= 4 is 17.5 Å². The maximum atomic E-state index is 8.97. The summed E-state index contributed by atoms with van der Waals surface area (Å²) < 4.78 is 5.38. The summed E-state index contributed by atoms with van der Waals surface area (Å²) >= 11 is 0. The number of aliphatic hydroxyl groups is 1. The quantitative estimate of drug-likeness (QED) is 0.537. The summed E-state index contributed by atoms with van der Waals surface area (Å²) in [6, 6.07) is 13.3. The third-order valence-corrected chi connectivity index (χ3v) is 3.69. The van der Waals surface area contributed by atoms with E-state index < -0.39 is 0 Å². The second-order valence-electron chi connectivity index (χ2n) is 5.53. The number of rotatable bonds is 8. The molecule has 0 spiro atoms. The fraction of sp³-hybridized carbons (Fsp3) is 0.211. The minimum absolute atomic E-state index is 0.114. The van der Waals surface area contributed by atoms with Crippen molar-refractivity contribution in [3.05, 3.63) is 54.9 Å². The van der Waals surface area contributed by atoms with Crippen molar-refractivity contribution in [2.24, 2.45) is 0 Å². The second kappa shape index (κ2) is 8.77. The van der Waals surface area contributed by atoms with Crippen molar-refractivity contribution in [1.29, 1.82) is 0 Å². The van der Waals surface area contributed by atoms with Gasteiger partial charge in [0.25, 0.3) is 0 Å². The van der Waals surface area contributed by atoms with E-state index in [0.717, 1.165) is 22.7 Å². The van der Waals surface area contributed by atoms with E-state index in [1.807, 2.05) is 42.5 Å². The molecule has 0 fully saturated rings. The molecule has 0 saturated carbocycles. The third kappa shape index (κ3) is 4.46. The number of methoxy groups -OCH3 is 1.